The van der Waals surface area contributed by atoms with Gasteiger partial charge in [-0.1, -0.05) is 41.4 Å². The number of rotatable bonds is 8. The minimum atomic E-state index is -0.505. The molecule has 0 radical (unpaired) electrons. The first-order valence-electron chi connectivity index (χ1n) is 9.98. The maximum Gasteiger partial charge on any atom is 0.250 e. The lowest BCUT2D eigenvalue weighted by Crippen LogP contribution is -2.25. The summed E-state index contributed by atoms with van der Waals surface area (Å²) in [6, 6.07) is 13.5. The molecule has 0 fully saturated rings. The maximum absolute atomic E-state index is 12.6. The van der Waals surface area contributed by atoms with Crippen molar-refractivity contribution in [2.75, 3.05) is 17.2 Å². The normalized spacial score (nSPS) is 11.8. The topological polar surface area (TPSA) is 85.2 Å². The van der Waals surface area contributed by atoms with Gasteiger partial charge < -0.3 is 15.4 Å². The Labute approximate surface area is 196 Å². The van der Waals surface area contributed by atoms with E-state index in [1.807, 2.05) is 38.1 Å². The van der Waals surface area contributed by atoms with Crippen molar-refractivity contribution >= 4 is 46.4 Å². The van der Waals surface area contributed by atoms with Gasteiger partial charge >= 0.3 is 0 Å². The second-order valence-corrected chi connectivity index (χ2v) is 8.18. The van der Waals surface area contributed by atoms with Crippen molar-refractivity contribution in [3.63, 3.8) is 0 Å². The van der Waals surface area contributed by atoms with Crippen LogP contribution in [0.1, 0.15) is 29.9 Å². The van der Waals surface area contributed by atoms with Crippen molar-refractivity contribution in [3.05, 3.63) is 75.5 Å². The number of hydrogen-bond acceptors (Lipinski definition) is 4. The van der Waals surface area contributed by atoms with Gasteiger partial charge in [0.25, 0.3) is 0 Å². The molecule has 2 N–H and O–H groups in total. The van der Waals surface area contributed by atoms with Crippen LogP contribution in [-0.4, -0.2) is 28.2 Å². The molecule has 0 spiro atoms. The van der Waals surface area contributed by atoms with Crippen LogP contribution in [0.4, 0.5) is 11.4 Å². The molecule has 3 aromatic rings. The molecule has 1 aromatic heterocycles. The van der Waals surface area contributed by atoms with E-state index in [4.69, 9.17) is 27.9 Å². The summed E-state index contributed by atoms with van der Waals surface area (Å²) >= 11 is 12.4. The minimum absolute atomic E-state index is 0.137. The Kier molecular flexibility index (Phi) is 7.90. The number of amides is 2. The molecule has 2 amide bonds. The summed E-state index contributed by atoms with van der Waals surface area (Å²) < 4.78 is 7.09. The molecule has 32 heavy (non-hydrogen) atoms. The summed E-state index contributed by atoms with van der Waals surface area (Å²) in [4.78, 5) is 24.8. The number of carbonyl (C=O) groups is 2. The van der Waals surface area contributed by atoms with Gasteiger partial charge in [-0.25, -0.2) is 0 Å². The highest BCUT2D eigenvalue weighted by Crippen LogP contribution is 2.26. The molecule has 0 bridgehead atoms. The van der Waals surface area contributed by atoms with Crippen LogP contribution >= 0.6 is 23.2 Å². The van der Waals surface area contributed by atoms with Crippen LogP contribution < -0.4 is 10.6 Å². The summed E-state index contributed by atoms with van der Waals surface area (Å²) in [5, 5.41) is 10.8. The molecule has 0 aliphatic carbocycles. The fourth-order valence-corrected chi connectivity index (χ4v) is 3.56. The average Bonchev–Trinajstić information content (AvgIpc) is 3.08. The highest BCUT2D eigenvalue weighted by atomic mass is 35.5. The Balaban J connectivity index is 1.54. The van der Waals surface area contributed by atoms with Crippen molar-refractivity contribution in [1.29, 1.82) is 0 Å². The summed E-state index contributed by atoms with van der Waals surface area (Å²) in [6.45, 7) is 5.62. The van der Waals surface area contributed by atoms with Crippen molar-refractivity contribution in [3.8, 4) is 0 Å². The third kappa shape index (κ3) is 6.09. The van der Waals surface area contributed by atoms with Crippen LogP contribution in [0.15, 0.2) is 48.5 Å². The van der Waals surface area contributed by atoms with Gasteiger partial charge in [0.15, 0.2) is 0 Å². The largest absolute Gasteiger partial charge is 0.367 e. The number of benzene rings is 2. The van der Waals surface area contributed by atoms with E-state index in [9.17, 15) is 9.59 Å². The molecular weight excluding hydrogens is 451 g/mol. The molecule has 168 valence electrons. The van der Waals surface area contributed by atoms with Gasteiger partial charge in [0.2, 0.25) is 11.8 Å². The molecular formula is C23H24Cl2N4O3. The van der Waals surface area contributed by atoms with E-state index in [0.717, 1.165) is 17.0 Å². The molecule has 1 unspecified atom stereocenters. The Morgan fingerprint density at radius 2 is 1.81 bits per heavy atom. The van der Waals surface area contributed by atoms with Crippen molar-refractivity contribution in [2.24, 2.45) is 0 Å². The van der Waals surface area contributed by atoms with Gasteiger partial charge in [0.1, 0.15) is 12.6 Å². The number of carbonyl (C=O) groups excluding carboxylic acids is 2. The standard InChI is InChI=1S/C23H24Cl2N4O3/c1-14-10-15(2)29(28-14)16(3)23(31)27-21-9-8-18(11-20(21)25)26-22(30)13-32-12-17-6-4-5-7-19(17)24/h4-11,16H,12-13H2,1-3H3,(H,26,30)(H,27,31). The highest BCUT2D eigenvalue weighted by molar-refractivity contribution is 6.34. The second kappa shape index (κ2) is 10.6. The number of nitrogens with one attached hydrogen (secondary N) is 2. The monoisotopic (exact) mass is 474 g/mol. The van der Waals surface area contributed by atoms with Gasteiger partial charge in [-0.3, -0.25) is 14.3 Å². The summed E-state index contributed by atoms with van der Waals surface area (Å²) in [7, 11) is 0. The zero-order chi connectivity index (χ0) is 23.3. The number of anilines is 2. The lowest BCUT2D eigenvalue weighted by atomic mass is 10.2. The smallest absolute Gasteiger partial charge is 0.250 e. The molecule has 2 aromatic carbocycles. The zero-order valence-electron chi connectivity index (χ0n) is 18.0. The van der Waals surface area contributed by atoms with E-state index in [1.54, 1.807) is 35.9 Å². The summed E-state index contributed by atoms with van der Waals surface area (Å²) in [6.07, 6.45) is 0. The fourth-order valence-electron chi connectivity index (χ4n) is 3.15. The predicted molar refractivity (Wildman–Crippen MR) is 126 cm³/mol. The van der Waals surface area contributed by atoms with Crippen LogP contribution in [0, 0.1) is 13.8 Å². The van der Waals surface area contributed by atoms with Gasteiger partial charge in [-0.2, -0.15) is 5.10 Å². The summed E-state index contributed by atoms with van der Waals surface area (Å²) in [5.41, 5.74) is 3.48. The third-order valence-corrected chi connectivity index (χ3v) is 5.43. The number of ether oxygens (including phenoxy) is 1. The highest BCUT2D eigenvalue weighted by Gasteiger charge is 2.19. The molecule has 1 heterocycles. The van der Waals surface area contributed by atoms with Gasteiger partial charge in [0, 0.05) is 16.4 Å². The number of hydrogen-bond donors (Lipinski definition) is 2. The Bertz CT molecular complexity index is 1130. The molecule has 9 heteroatoms. The van der Waals surface area contributed by atoms with Gasteiger partial charge in [0.05, 0.1) is 23.0 Å². The first-order valence-corrected chi connectivity index (χ1v) is 10.7. The molecule has 0 aliphatic rings. The van der Waals surface area contributed by atoms with Gasteiger partial charge in [-0.05, 0) is 56.7 Å². The SMILES string of the molecule is Cc1cc(C)n(C(C)C(=O)Nc2ccc(NC(=O)COCc3ccccc3Cl)cc2Cl)n1. The molecule has 1 atom stereocenters. The van der Waals surface area contributed by atoms with Gasteiger partial charge in [-0.15, -0.1) is 0 Å². The molecule has 0 saturated carbocycles. The molecule has 0 saturated heterocycles. The predicted octanol–water partition coefficient (Wildman–Crippen LogP) is 5.16. The average molecular weight is 475 g/mol. The Hall–Kier alpha value is -2.87. The van der Waals surface area contributed by atoms with E-state index in [2.05, 4.69) is 15.7 Å². The molecule has 3 rings (SSSR count). The van der Waals surface area contributed by atoms with Crippen LogP contribution in [-0.2, 0) is 20.9 Å². The van der Waals surface area contributed by atoms with E-state index in [1.165, 1.54) is 0 Å². The van der Waals surface area contributed by atoms with Crippen LogP contribution in [0.3, 0.4) is 0 Å². The number of nitrogens with zero attached hydrogens (tertiary/aromatic N) is 2. The lowest BCUT2D eigenvalue weighted by Gasteiger charge is -2.16. The van der Waals surface area contributed by atoms with Crippen molar-refractivity contribution in [2.45, 2.75) is 33.4 Å². The number of aryl methyl sites for hydroxylation is 2. The Morgan fingerprint density at radius 3 is 2.47 bits per heavy atom. The maximum atomic E-state index is 12.6. The third-order valence-electron chi connectivity index (χ3n) is 4.75. The van der Waals surface area contributed by atoms with E-state index < -0.39 is 6.04 Å². The minimum Gasteiger partial charge on any atom is -0.367 e. The molecule has 0 aliphatic heterocycles. The fraction of sp³-hybridized carbons (Fsp3) is 0.261. The first kappa shape index (κ1) is 23.8. The van der Waals surface area contributed by atoms with Crippen LogP contribution in [0.5, 0.6) is 0 Å². The van der Waals surface area contributed by atoms with Crippen molar-refractivity contribution in [1.82, 2.24) is 9.78 Å². The van der Waals surface area contributed by atoms with Crippen LogP contribution in [0.25, 0.3) is 0 Å². The number of aromatic nitrogens is 2. The van der Waals surface area contributed by atoms with E-state index >= 15 is 0 Å². The molecule has 7 nitrogen and oxygen atoms in total. The summed E-state index contributed by atoms with van der Waals surface area (Å²) in [5.74, 6) is -0.578. The first-order chi connectivity index (χ1) is 15.2. The van der Waals surface area contributed by atoms with Crippen molar-refractivity contribution < 1.29 is 14.3 Å². The van der Waals surface area contributed by atoms with E-state index in [0.29, 0.717) is 21.4 Å². The quantitative estimate of drug-likeness (QED) is 0.471. The lowest BCUT2D eigenvalue weighted by molar-refractivity contribution is -0.121. The zero-order valence-corrected chi connectivity index (χ0v) is 19.5. The van der Waals surface area contributed by atoms with Crippen LogP contribution in [0.2, 0.25) is 10.0 Å². The Morgan fingerprint density at radius 1 is 1.06 bits per heavy atom. The van der Waals surface area contributed by atoms with E-state index in [-0.39, 0.29) is 25.0 Å². The number of halogens is 2. The second-order valence-electron chi connectivity index (χ2n) is 7.36.